The summed E-state index contributed by atoms with van der Waals surface area (Å²) in [5.41, 5.74) is 2.97. The normalized spacial score (nSPS) is 14.8. The monoisotopic (exact) mass is 354 g/mol. The van der Waals surface area contributed by atoms with Crippen LogP contribution in [0.3, 0.4) is 0 Å². The topological polar surface area (TPSA) is 86.9 Å². The van der Waals surface area contributed by atoms with Gasteiger partial charge in [-0.15, -0.1) is 0 Å². The molecular weight excluding hydrogens is 328 g/mol. The molecule has 0 unspecified atom stereocenters. The zero-order valence-corrected chi connectivity index (χ0v) is 15.4. The van der Waals surface area contributed by atoms with E-state index in [0.717, 1.165) is 17.7 Å². The Morgan fingerprint density at radius 3 is 2.69 bits per heavy atom. The molecule has 1 fully saturated rings. The molecule has 6 heteroatoms. The van der Waals surface area contributed by atoms with E-state index in [-0.39, 0.29) is 11.8 Å². The summed E-state index contributed by atoms with van der Waals surface area (Å²) in [6.45, 7) is 3.27. The largest absolute Gasteiger partial charge is 0.326 e. The molecule has 0 aliphatic heterocycles. The number of carbonyl (C=O) groups excluding carboxylic acids is 2. The summed E-state index contributed by atoms with van der Waals surface area (Å²) in [6.07, 6.45) is 7.50. The number of aromatic nitrogens is 2. The molecular formula is C20H26N4O2. The summed E-state index contributed by atoms with van der Waals surface area (Å²) in [5, 5.41) is 12.8. The molecule has 1 aromatic heterocycles. The van der Waals surface area contributed by atoms with Gasteiger partial charge in [0, 0.05) is 29.9 Å². The van der Waals surface area contributed by atoms with Crippen molar-refractivity contribution in [2.24, 2.45) is 5.92 Å². The Morgan fingerprint density at radius 1 is 1.19 bits per heavy atom. The van der Waals surface area contributed by atoms with Gasteiger partial charge < -0.3 is 10.6 Å². The molecule has 0 bridgehead atoms. The number of hydrogen-bond acceptors (Lipinski definition) is 3. The third-order valence-corrected chi connectivity index (χ3v) is 4.99. The van der Waals surface area contributed by atoms with Crippen LogP contribution in [0.5, 0.6) is 0 Å². The van der Waals surface area contributed by atoms with Crippen LogP contribution in [0.2, 0.25) is 0 Å². The van der Waals surface area contributed by atoms with Crippen molar-refractivity contribution in [1.29, 1.82) is 0 Å². The Balaban J connectivity index is 1.66. The van der Waals surface area contributed by atoms with E-state index in [0.29, 0.717) is 23.0 Å². The standard InChI is InChI=1S/C20H26N4O2/c1-13-17(9-6-10-18(13)21-14(2)25)20(26)22-19-12-16(23-24-19)11-15-7-4-3-5-8-15/h6,9-10,12,15H,3-5,7-8,11H2,1-2H3,(H,21,25)(H2,22,23,24,26). The molecule has 1 saturated carbocycles. The second-order valence-electron chi connectivity index (χ2n) is 7.10. The van der Waals surface area contributed by atoms with Crippen molar-refractivity contribution >= 4 is 23.3 Å². The van der Waals surface area contributed by atoms with E-state index in [1.807, 2.05) is 13.0 Å². The van der Waals surface area contributed by atoms with Crippen molar-refractivity contribution in [2.45, 2.75) is 52.4 Å². The maximum atomic E-state index is 12.6. The Labute approximate surface area is 153 Å². The fraction of sp³-hybridized carbons (Fsp3) is 0.450. The van der Waals surface area contributed by atoms with Gasteiger partial charge >= 0.3 is 0 Å². The van der Waals surface area contributed by atoms with Crippen LogP contribution in [0.15, 0.2) is 24.3 Å². The van der Waals surface area contributed by atoms with Crippen molar-refractivity contribution in [1.82, 2.24) is 10.2 Å². The first-order valence-electron chi connectivity index (χ1n) is 9.26. The lowest BCUT2D eigenvalue weighted by atomic mass is 9.86. The third-order valence-electron chi connectivity index (χ3n) is 4.99. The fourth-order valence-electron chi connectivity index (χ4n) is 3.62. The Bertz CT molecular complexity index is 791. The maximum absolute atomic E-state index is 12.6. The minimum atomic E-state index is -0.231. The van der Waals surface area contributed by atoms with Crippen LogP contribution in [-0.4, -0.2) is 22.0 Å². The lowest BCUT2D eigenvalue weighted by molar-refractivity contribution is -0.114. The third kappa shape index (κ3) is 4.50. The number of nitrogens with zero attached hydrogens (tertiary/aromatic N) is 1. The lowest BCUT2D eigenvalue weighted by Gasteiger charge is -2.20. The number of anilines is 2. The summed E-state index contributed by atoms with van der Waals surface area (Å²) in [6, 6.07) is 7.20. The molecule has 0 atom stereocenters. The molecule has 2 aromatic rings. The minimum Gasteiger partial charge on any atom is -0.326 e. The SMILES string of the molecule is CC(=O)Nc1cccc(C(=O)Nc2cc(CC3CCCCC3)[nH]n2)c1C. The highest BCUT2D eigenvalue weighted by Gasteiger charge is 2.17. The van der Waals surface area contributed by atoms with Gasteiger partial charge in [-0.05, 0) is 37.0 Å². The zero-order valence-electron chi connectivity index (χ0n) is 15.4. The van der Waals surface area contributed by atoms with Gasteiger partial charge in [-0.2, -0.15) is 5.10 Å². The molecule has 138 valence electrons. The van der Waals surface area contributed by atoms with E-state index in [1.165, 1.54) is 39.0 Å². The molecule has 1 aliphatic carbocycles. The quantitative estimate of drug-likeness (QED) is 0.757. The van der Waals surface area contributed by atoms with E-state index in [2.05, 4.69) is 20.8 Å². The Kier molecular flexibility index (Phi) is 5.71. The van der Waals surface area contributed by atoms with Crippen LogP contribution in [0.4, 0.5) is 11.5 Å². The molecule has 0 radical (unpaired) electrons. The molecule has 3 N–H and O–H groups in total. The Morgan fingerprint density at radius 2 is 1.96 bits per heavy atom. The molecule has 26 heavy (non-hydrogen) atoms. The first-order valence-corrected chi connectivity index (χ1v) is 9.26. The number of H-pyrrole nitrogens is 1. The highest BCUT2D eigenvalue weighted by Crippen LogP contribution is 2.27. The van der Waals surface area contributed by atoms with E-state index in [9.17, 15) is 9.59 Å². The van der Waals surface area contributed by atoms with Crippen LogP contribution in [0.25, 0.3) is 0 Å². The summed E-state index contributed by atoms with van der Waals surface area (Å²) in [5.74, 6) is 0.852. The smallest absolute Gasteiger partial charge is 0.257 e. The van der Waals surface area contributed by atoms with Crippen molar-refractivity contribution in [2.75, 3.05) is 10.6 Å². The van der Waals surface area contributed by atoms with Gasteiger partial charge in [0.05, 0.1) is 0 Å². The van der Waals surface area contributed by atoms with Crippen molar-refractivity contribution in [3.8, 4) is 0 Å². The lowest BCUT2D eigenvalue weighted by Crippen LogP contribution is -2.15. The number of amides is 2. The number of hydrogen-bond donors (Lipinski definition) is 3. The van der Waals surface area contributed by atoms with Crippen molar-refractivity contribution < 1.29 is 9.59 Å². The predicted octanol–water partition coefficient (Wildman–Crippen LogP) is 4.05. The number of rotatable bonds is 5. The van der Waals surface area contributed by atoms with Gasteiger partial charge in [0.1, 0.15) is 0 Å². The maximum Gasteiger partial charge on any atom is 0.257 e. The van der Waals surface area contributed by atoms with Crippen molar-refractivity contribution in [3.05, 3.63) is 41.1 Å². The van der Waals surface area contributed by atoms with Crippen LogP contribution >= 0.6 is 0 Å². The molecule has 0 saturated heterocycles. The molecule has 6 nitrogen and oxygen atoms in total. The van der Waals surface area contributed by atoms with Crippen LogP contribution in [0, 0.1) is 12.8 Å². The Hall–Kier alpha value is -2.63. The number of benzene rings is 1. The van der Waals surface area contributed by atoms with Gasteiger partial charge in [0.25, 0.3) is 5.91 Å². The van der Waals surface area contributed by atoms with E-state index >= 15 is 0 Å². The molecule has 1 aliphatic rings. The van der Waals surface area contributed by atoms with Gasteiger partial charge in [-0.3, -0.25) is 14.7 Å². The fourth-order valence-corrected chi connectivity index (χ4v) is 3.62. The molecule has 3 rings (SSSR count). The van der Waals surface area contributed by atoms with Crippen LogP contribution in [-0.2, 0) is 11.2 Å². The first kappa shape index (κ1) is 18.2. The minimum absolute atomic E-state index is 0.162. The van der Waals surface area contributed by atoms with Gasteiger partial charge in [-0.25, -0.2) is 0 Å². The van der Waals surface area contributed by atoms with Crippen LogP contribution < -0.4 is 10.6 Å². The van der Waals surface area contributed by atoms with Gasteiger partial charge in [0.15, 0.2) is 5.82 Å². The number of aromatic amines is 1. The van der Waals surface area contributed by atoms with Crippen LogP contribution in [0.1, 0.15) is 60.6 Å². The van der Waals surface area contributed by atoms with E-state index in [1.54, 1.807) is 18.2 Å². The zero-order chi connectivity index (χ0) is 18.5. The average molecular weight is 354 g/mol. The van der Waals surface area contributed by atoms with E-state index < -0.39 is 0 Å². The van der Waals surface area contributed by atoms with Gasteiger partial charge in [0.2, 0.25) is 5.91 Å². The molecule has 1 aromatic carbocycles. The van der Waals surface area contributed by atoms with Crippen molar-refractivity contribution in [3.63, 3.8) is 0 Å². The first-order chi connectivity index (χ1) is 12.5. The van der Waals surface area contributed by atoms with E-state index in [4.69, 9.17) is 0 Å². The second kappa shape index (κ2) is 8.17. The summed E-state index contributed by atoms with van der Waals surface area (Å²) < 4.78 is 0. The predicted molar refractivity (Wildman–Crippen MR) is 102 cm³/mol. The highest BCUT2D eigenvalue weighted by atomic mass is 16.2. The highest BCUT2D eigenvalue weighted by molar-refractivity contribution is 6.06. The van der Waals surface area contributed by atoms with Gasteiger partial charge in [-0.1, -0.05) is 38.2 Å². The molecule has 1 heterocycles. The molecule has 2 amide bonds. The number of carbonyl (C=O) groups is 2. The summed E-state index contributed by atoms with van der Waals surface area (Å²) >= 11 is 0. The second-order valence-corrected chi connectivity index (χ2v) is 7.10. The molecule has 0 spiro atoms. The summed E-state index contributed by atoms with van der Waals surface area (Å²) in [7, 11) is 0. The number of nitrogens with one attached hydrogen (secondary N) is 3. The average Bonchev–Trinajstić information content (AvgIpc) is 3.04. The summed E-state index contributed by atoms with van der Waals surface area (Å²) in [4.78, 5) is 23.9.